The van der Waals surface area contributed by atoms with Crippen molar-refractivity contribution < 1.29 is 9.90 Å². The highest BCUT2D eigenvalue weighted by Crippen LogP contribution is 2.24. The number of aliphatic hydroxyl groups is 1. The first-order valence-corrected chi connectivity index (χ1v) is 7.80. The number of nitrogens with one attached hydrogen (secondary N) is 1. The molecule has 4 nitrogen and oxygen atoms in total. The fourth-order valence-electron chi connectivity index (χ4n) is 3.30. The average molecular weight is 268 g/mol. The van der Waals surface area contributed by atoms with Crippen LogP contribution >= 0.6 is 0 Å². The molecule has 2 saturated heterocycles. The standard InChI is InChI=1S/C15H28N2O2/c1-12(14-3-2-6-16-10-14)9-15(19)17-7-4-13(11-18)5-8-17/h12-14,16,18H,2-11H2,1H3. The van der Waals surface area contributed by atoms with Gasteiger partial charge in [0, 0.05) is 26.1 Å². The molecule has 2 unspecified atom stereocenters. The van der Waals surface area contributed by atoms with Crippen LogP contribution in [0.15, 0.2) is 0 Å². The molecule has 0 aliphatic carbocycles. The van der Waals surface area contributed by atoms with Gasteiger partial charge in [-0.15, -0.1) is 0 Å². The van der Waals surface area contributed by atoms with Gasteiger partial charge in [0.05, 0.1) is 0 Å². The number of hydrogen-bond acceptors (Lipinski definition) is 3. The minimum Gasteiger partial charge on any atom is -0.396 e. The largest absolute Gasteiger partial charge is 0.396 e. The number of likely N-dealkylation sites (tertiary alicyclic amines) is 1. The molecule has 0 saturated carbocycles. The number of carbonyl (C=O) groups is 1. The molecule has 2 aliphatic heterocycles. The van der Waals surface area contributed by atoms with E-state index in [-0.39, 0.29) is 6.61 Å². The van der Waals surface area contributed by atoms with Crippen molar-refractivity contribution in [2.45, 2.75) is 39.0 Å². The molecular formula is C15H28N2O2. The Labute approximate surface area is 116 Å². The van der Waals surface area contributed by atoms with Crippen LogP contribution in [0.3, 0.4) is 0 Å². The second-order valence-corrected chi connectivity index (χ2v) is 6.29. The number of carbonyl (C=O) groups excluding carboxylic acids is 1. The highest BCUT2D eigenvalue weighted by molar-refractivity contribution is 5.76. The van der Waals surface area contributed by atoms with Crippen LogP contribution < -0.4 is 5.32 Å². The summed E-state index contributed by atoms with van der Waals surface area (Å²) in [6, 6.07) is 0. The van der Waals surface area contributed by atoms with E-state index in [1.54, 1.807) is 0 Å². The van der Waals surface area contributed by atoms with Crippen LogP contribution in [0, 0.1) is 17.8 Å². The zero-order valence-electron chi connectivity index (χ0n) is 12.1. The summed E-state index contributed by atoms with van der Waals surface area (Å²) in [5.41, 5.74) is 0. The molecule has 2 fully saturated rings. The van der Waals surface area contributed by atoms with Gasteiger partial charge in [-0.25, -0.2) is 0 Å². The van der Waals surface area contributed by atoms with Gasteiger partial charge in [0.15, 0.2) is 0 Å². The summed E-state index contributed by atoms with van der Waals surface area (Å²) >= 11 is 0. The Hall–Kier alpha value is -0.610. The predicted molar refractivity (Wildman–Crippen MR) is 75.8 cm³/mol. The van der Waals surface area contributed by atoms with Gasteiger partial charge in [0.1, 0.15) is 0 Å². The van der Waals surface area contributed by atoms with Gasteiger partial charge in [-0.05, 0) is 56.5 Å². The van der Waals surface area contributed by atoms with Crippen molar-refractivity contribution in [2.24, 2.45) is 17.8 Å². The van der Waals surface area contributed by atoms with Crippen LogP contribution in [-0.4, -0.2) is 48.7 Å². The normalized spacial score (nSPS) is 27.3. The van der Waals surface area contributed by atoms with Crippen LogP contribution in [0.5, 0.6) is 0 Å². The lowest BCUT2D eigenvalue weighted by Crippen LogP contribution is -2.41. The van der Waals surface area contributed by atoms with Gasteiger partial charge in [0.25, 0.3) is 0 Å². The van der Waals surface area contributed by atoms with Gasteiger partial charge >= 0.3 is 0 Å². The first-order valence-electron chi connectivity index (χ1n) is 7.80. The van der Waals surface area contributed by atoms with Crippen molar-refractivity contribution in [3.63, 3.8) is 0 Å². The third-order valence-electron chi connectivity index (χ3n) is 4.86. The van der Waals surface area contributed by atoms with Crippen molar-refractivity contribution in [3.05, 3.63) is 0 Å². The van der Waals surface area contributed by atoms with E-state index in [1.807, 2.05) is 4.90 Å². The maximum Gasteiger partial charge on any atom is 0.222 e. The molecule has 0 aromatic heterocycles. The molecule has 0 bridgehead atoms. The van der Waals surface area contributed by atoms with Crippen LogP contribution in [0.25, 0.3) is 0 Å². The van der Waals surface area contributed by atoms with Gasteiger partial charge in [-0.1, -0.05) is 6.92 Å². The van der Waals surface area contributed by atoms with Crippen molar-refractivity contribution in [1.29, 1.82) is 0 Å². The highest BCUT2D eigenvalue weighted by atomic mass is 16.3. The Balaban J connectivity index is 1.74. The van der Waals surface area contributed by atoms with Crippen molar-refractivity contribution in [3.8, 4) is 0 Å². The molecule has 1 amide bonds. The number of aliphatic hydroxyl groups excluding tert-OH is 1. The summed E-state index contributed by atoms with van der Waals surface area (Å²) in [6.45, 7) is 6.36. The third kappa shape index (κ3) is 4.18. The molecule has 2 atom stereocenters. The van der Waals surface area contributed by atoms with Crippen molar-refractivity contribution in [1.82, 2.24) is 10.2 Å². The van der Waals surface area contributed by atoms with Gasteiger partial charge < -0.3 is 15.3 Å². The number of amides is 1. The molecule has 0 spiro atoms. The molecule has 2 rings (SSSR count). The van der Waals surface area contributed by atoms with Crippen LogP contribution in [-0.2, 0) is 4.79 Å². The average Bonchev–Trinajstić information content (AvgIpc) is 2.48. The number of piperidine rings is 2. The maximum absolute atomic E-state index is 12.3. The van der Waals surface area contributed by atoms with Crippen LogP contribution in [0.1, 0.15) is 39.0 Å². The molecular weight excluding hydrogens is 240 g/mol. The predicted octanol–water partition coefficient (Wildman–Crippen LogP) is 1.24. The van der Waals surface area contributed by atoms with E-state index in [9.17, 15) is 4.79 Å². The lowest BCUT2D eigenvalue weighted by Gasteiger charge is -2.33. The summed E-state index contributed by atoms with van der Waals surface area (Å²) in [5.74, 6) is 1.86. The molecule has 2 N–H and O–H groups in total. The van der Waals surface area contributed by atoms with E-state index in [0.29, 0.717) is 30.1 Å². The van der Waals surface area contributed by atoms with E-state index in [4.69, 9.17) is 5.11 Å². The number of rotatable bonds is 4. The van der Waals surface area contributed by atoms with E-state index in [1.165, 1.54) is 12.8 Å². The Morgan fingerprint density at radius 2 is 2.11 bits per heavy atom. The van der Waals surface area contributed by atoms with Crippen molar-refractivity contribution >= 4 is 5.91 Å². The van der Waals surface area contributed by atoms with E-state index >= 15 is 0 Å². The topological polar surface area (TPSA) is 52.6 Å². The minimum atomic E-state index is 0.270. The summed E-state index contributed by atoms with van der Waals surface area (Å²) in [5, 5.41) is 12.6. The van der Waals surface area contributed by atoms with E-state index < -0.39 is 0 Å². The van der Waals surface area contributed by atoms with Gasteiger partial charge in [-0.3, -0.25) is 4.79 Å². The summed E-state index contributed by atoms with van der Waals surface area (Å²) in [6.07, 6.45) is 5.11. The quantitative estimate of drug-likeness (QED) is 0.806. The first kappa shape index (κ1) is 14.8. The number of nitrogens with zero attached hydrogens (tertiary/aromatic N) is 1. The zero-order valence-corrected chi connectivity index (χ0v) is 12.1. The Bertz CT molecular complexity index is 282. The SMILES string of the molecule is CC(CC(=O)N1CCC(CO)CC1)C1CCCNC1. The second-order valence-electron chi connectivity index (χ2n) is 6.29. The summed E-state index contributed by atoms with van der Waals surface area (Å²) in [4.78, 5) is 14.3. The molecule has 4 heteroatoms. The fourth-order valence-corrected chi connectivity index (χ4v) is 3.30. The summed E-state index contributed by atoms with van der Waals surface area (Å²) in [7, 11) is 0. The Kier molecular flexibility index (Phi) is 5.64. The third-order valence-corrected chi connectivity index (χ3v) is 4.86. The lowest BCUT2D eigenvalue weighted by atomic mass is 9.85. The van der Waals surface area contributed by atoms with Gasteiger partial charge in [0.2, 0.25) is 5.91 Å². The van der Waals surface area contributed by atoms with Crippen LogP contribution in [0.4, 0.5) is 0 Å². The van der Waals surface area contributed by atoms with E-state index in [0.717, 1.165) is 39.0 Å². The monoisotopic (exact) mass is 268 g/mol. The zero-order chi connectivity index (χ0) is 13.7. The number of hydrogen-bond donors (Lipinski definition) is 2. The maximum atomic E-state index is 12.3. The highest BCUT2D eigenvalue weighted by Gasteiger charge is 2.26. The first-order chi connectivity index (χ1) is 9.20. The minimum absolute atomic E-state index is 0.270. The molecule has 2 heterocycles. The lowest BCUT2D eigenvalue weighted by molar-refractivity contribution is -0.134. The molecule has 0 aromatic rings. The smallest absolute Gasteiger partial charge is 0.222 e. The molecule has 19 heavy (non-hydrogen) atoms. The van der Waals surface area contributed by atoms with E-state index in [2.05, 4.69) is 12.2 Å². The molecule has 0 radical (unpaired) electrons. The fraction of sp³-hybridized carbons (Fsp3) is 0.933. The Morgan fingerprint density at radius 1 is 1.37 bits per heavy atom. The van der Waals surface area contributed by atoms with Crippen molar-refractivity contribution in [2.75, 3.05) is 32.8 Å². The molecule has 0 aromatic carbocycles. The van der Waals surface area contributed by atoms with Gasteiger partial charge in [-0.2, -0.15) is 0 Å². The molecule has 110 valence electrons. The van der Waals surface area contributed by atoms with Crippen LogP contribution in [0.2, 0.25) is 0 Å². The Morgan fingerprint density at radius 3 is 2.68 bits per heavy atom. The summed E-state index contributed by atoms with van der Waals surface area (Å²) < 4.78 is 0. The molecule has 2 aliphatic rings. The second kappa shape index (κ2) is 7.25.